The van der Waals surface area contributed by atoms with Crippen molar-refractivity contribution in [2.75, 3.05) is 26.2 Å². The monoisotopic (exact) mass is 462 g/mol. The molecule has 0 bridgehead atoms. The highest BCUT2D eigenvalue weighted by atomic mass is 127. The molecule has 2 rings (SSSR count). The molecule has 1 atom stereocenters. The first-order valence-corrected chi connectivity index (χ1v) is 9.45. The number of H-pyrrole nitrogens is 1. The molecule has 7 heteroatoms. The van der Waals surface area contributed by atoms with Crippen LogP contribution in [0.15, 0.2) is 17.3 Å². The van der Waals surface area contributed by atoms with Crippen molar-refractivity contribution in [3.63, 3.8) is 0 Å². The number of likely N-dealkylation sites (tertiary alicyclic amines) is 1. The highest BCUT2D eigenvalue weighted by Gasteiger charge is 2.22. The summed E-state index contributed by atoms with van der Waals surface area (Å²) in [6.07, 6.45) is 7.18. The number of hydrogen-bond acceptors (Lipinski definition) is 3. The Bertz CT molecular complexity index is 466. The van der Waals surface area contributed by atoms with Crippen LogP contribution < -0.4 is 10.6 Å². The number of rotatable bonds is 7. The molecule has 2 heterocycles. The molecule has 1 fully saturated rings. The van der Waals surface area contributed by atoms with E-state index < -0.39 is 0 Å². The van der Waals surface area contributed by atoms with Crippen LogP contribution >= 0.6 is 24.0 Å². The zero-order valence-corrected chi connectivity index (χ0v) is 18.3. The molecule has 1 unspecified atom stereocenters. The van der Waals surface area contributed by atoms with E-state index in [4.69, 9.17) is 0 Å². The van der Waals surface area contributed by atoms with Crippen LogP contribution in [0.4, 0.5) is 0 Å². The number of guanidine groups is 1. The van der Waals surface area contributed by atoms with E-state index in [1.807, 2.05) is 6.07 Å². The van der Waals surface area contributed by atoms with Gasteiger partial charge in [-0.05, 0) is 44.8 Å². The van der Waals surface area contributed by atoms with Gasteiger partial charge in [-0.2, -0.15) is 5.10 Å². The first-order chi connectivity index (χ1) is 11.7. The molecule has 25 heavy (non-hydrogen) atoms. The maximum atomic E-state index is 4.66. The molecule has 0 spiro atoms. The minimum atomic E-state index is 0. The molecule has 1 aliphatic rings. The Morgan fingerprint density at radius 3 is 2.52 bits per heavy atom. The van der Waals surface area contributed by atoms with Crippen LogP contribution in [0.25, 0.3) is 0 Å². The summed E-state index contributed by atoms with van der Waals surface area (Å²) in [5, 5.41) is 13.8. The van der Waals surface area contributed by atoms with Crippen LogP contribution in [-0.4, -0.2) is 53.3 Å². The van der Waals surface area contributed by atoms with Gasteiger partial charge in [-0.15, -0.1) is 24.0 Å². The van der Waals surface area contributed by atoms with Gasteiger partial charge < -0.3 is 10.6 Å². The molecule has 1 aromatic rings. The maximum Gasteiger partial charge on any atom is 0.191 e. The Hall–Kier alpha value is -0.830. The summed E-state index contributed by atoms with van der Waals surface area (Å²) in [7, 11) is 0. The molecule has 1 aliphatic heterocycles. The van der Waals surface area contributed by atoms with E-state index in [0.717, 1.165) is 24.7 Å². The van der Waals surface area contributed by atoms with E-state index in [0.29, 0.717) is 18.5 Å². The molecular weight excluding hydrogens is 427 g/mol. The Kier molecular flexibility index (Phi) is 11.1. The van der Waals surface area contributed by atoms with Crippen molar-refractivity contribution in [3.8, 4) is 0 Å². The molecule has 0 aliphatic carbocycles. The molecule has 0 amide bonds. The van der Waals surface area contributed by atoms with E-state index in [1.165, 1.54) is 38.8 Å². The normalized spacial score (nSPS) is 17.7. The lowest BCUT2D eigenvalue weighted by Crippen LogP contribution is -2.49. The molecule has 144 valence electrons. The second-order valence-corrected chi connectivity index (χ2v) is 6.92. The molecular formula is C18H35IN6. The van der Waals surface area contributed by atoms with Gasteiger partial charge in [0.1, 0.15) is 0 Å². The fourth-order valence-corrected chi connectivity index (χ4v) is 3.29. The summed E-state index contributed by atoms with van der Waals surface area (Å²) in [5.74, 6) is 1.51. The third-order valence-corrected chi connectivity index (χ3v) is 4.67. The largest absolute Gasteiger partial charge is 0.357 e. The van der Waals surface area contributed by atoms with E-state index in [-0.39, 0.29) is 24.0 Å². The second kappa shape index (κ2) is 12.5. The van der Waals surface area contributed by atoms with E-state index in [2.05, 4.69) is 51.5 Å². The Labute approximate surface area is 169 Å². The molecule has 1 saturated heterocycles. The molecule has 0 saturated carbocycles. The quantitative estimate of drug-likeness (QED) is 0.331. The van der Waals surface area contributed by atoms with Crippen molar-refractivity contribution < 1.29 is 0 Å². The van der Waals surface area contributed by atoms with Gasteiger partial charge in [0.15, 0.2) is 5.96 Å². The van der Waals surface area contributed by atoms with Crippen LogP contribution in [0.1, 0.15) is 52.1 Å². The van der Waals surface area contributed by atoms with Gasteiger partial charge >= 0.3 is 0 Å². The van der Waals surface area contributed by atoms with Gasteiger partial charge in [0.25, 0.3) is 0 Å². The van der Waals surface area contributed by atoms with Gasteiger partial charge in [-0.3, -0.25) is 10.00 Å². The minimum absolute atomic E-state index is 0. The lowest BCUT2D eigenvalue weighted by Gasteiger charge is -2.34. The van der Waals surface area contributed by atoms with Crippen LogP contribution in [0.5, 0.6) is 0 Å². The van der Waals surface area contributed by atoms with Crippen molar-refractivity contribution in [2.24, 2.45) is 10.9 Å². The Morgan fingerprint density at radius 2 is 1.96 bits per heavy atom. The van der Waals surface area contributed by atoms with Crippen LogP contribution in [0.3, 0.4) is 0 Å². The summed E-state index contributed by atoms with van der Waals surface area (Å²) in [6.45, 7) is 11.6. The van der Waals surface area contributed by atoms with Gasteiger partial charge in [-0.1, -0.05) is 26.7 Å². The lowest BCUT2D eigenvalue weighted by atomic mass is 10.0. The summed E-state index contributed by atoms with van der Waals surface area (Å²) >= 11 is 0. The zero-order chi connectivity index (χ0) is 17.2. The topological polar surface area (TPSA) is 68.3 Å². The van der Waals surface area contributed by atoms with Crippen molar-refractivity contribution in [1.82, 2.24) is 25.7 Å². The lowest BCUT2D eigenvalue weighted by molar-refractivity contribution is 0.161. The number of hydrogen-bond donors (Lipinski definition) is 3. The van der Waals surface area contributed by atoms with Crippen molar-refractivity contribution in [3.05, 3.63) is 18.0 Å². The van der Waals surface area contributed by atoms with Crippen LogP contribution in [-0.2, 0) is 6.54 Å². The SMILES string of the molecule is CCNC(=NCc1ccn[nH]1)NCC(C(C)C)N1CCCCCC1.I. The van der Waals surface area contributed by atoms with Gasteiger partial charge in [0.05, 0.1) is 12.2 Å². The predicted molar refractivity (Wildman–Crippen MR) is 115 cm³/mol. The van der Waals surface area contributed by atoms with Crippen LogP contribution in [0, 0.1) is 5.92 Å². The third-order valence-electron chi connectivity index (χ3n) is 4.67. The fraction of sp³-hybridized carbons (Fsp3) is 0.778. The molecule has 6 nitrogen and oxygen atoms in total. The third kappa shape index (κ3) is 7.94. The number of halogens is 1. The molecule has 0 radical (unpaired) electrons. The maximum absolute atomic E-state index is 4.66. The number of aliphatic imine (C=N–C) groups is 1. The average Bonchev–Trinajstić information content (AvgIpc) is 2.94. The second-order valence-electron chi connectivity index (χ2n) is 6.92. The van der Waals surface area contributed by atoms with Crippen molar-refractivity contribution in [2.45, 2.75) is 59.0 Å². The standard InChI is InChI=1S/C18H34N6.HI/c1-4-19-18(20-13-16-9-10-22-23-16)21-14-17(15(2)3)24-11-7-5-6-8-12-24;/h9-10,15,17H,4-8,11-14H2,1-3H3,(H,22,23)(H2,19,20,21);1H. The number of aromatic amines is 1. The summed E-state index contributed by atoms with van der Waals surface area (Å²) < 4.78 is 0. The molecule has 3 N–H and O–H groups in total. The van der Waals surface area contributed by atoms with E-state index in [1.54, 1.807) is 6.20 Å². The average molecular weight is 462 g/mol. The highest BCUT2D eigenvalue weighted by molar-refractivity contribution is 14.0. The van der Waals surface area contributed by atoms with Crippen LogP contribution in [0.2, 0.25) is 0 Å². The number of nitrogens with zero attached hydrogens (tertiary/aromatic N) is 3. The first kappa shape index (κ1) is 22.2. The van der Waals surface area contributed by atoms with Gasteiger partial charge in [-0.25, -0.2) is 4.99 Å². The van der Waals surface area contributed by atoms with Crippen molar-refractivity contribution >= 4 is 29.9 Å². The zero-order valence-electron chi connectivity index (χ0n) is 15.9. The fourth-order valence-electron chi connectivity index (χ4n) is 3.29. The number of aromatic nitrogens is 2. The van der Waals surface area contributed by atoms with Gasteiger partial charge in [0, 0.05) is 25.3 Å². The minimum Gasteiger partial charge on any atom is -0.357 e. The molecule has 1 aromatic heterocycles. The van der Waals surface area contributed by atoms with E-state index in [9.17, 15) is 0 Å². The highest BCUT2D eigenvalue weighted by Crippen LogP contribution is 2.17. The Morgan fingerprint density at radius 1 is 1.24 bits per heavy atom. The van der Waals surface area contributed by atoms with E-state index >= 15 is 0 Å². The smallest absolute Gasteiger partial charge is 0.191 e. The van der Waals surface area contributed by atoms with Crippen molar-refractivity contribution in [1.29, 1.82) is 0 Å². The first-order valence-electron chi connectivity index (χ1n) is 9.45. The summed E-state index contributed by atoms with van der Waals surface area (Å²) in [6, 6.07) is 2.51. The molecule has 0 aromatic carbocycles. The summed E-state index contributed by atoms with van der Waals surface area (Å²) in [4.78, 5) is 7.33. The number of nitrogens with one attached hydrogen (secondary N) is 3. The predicted octanol–water partition coefficient (Wildman–Crippen LogP) is 2.98. The Balaban J connectivity index is 0.00000312. The van der Waals surface area contributed by atoms with Gasteiger partial charge in [0.2, 0.25) is 0 Å². The summed E-state index contributed by atoms with van der Waals surface area (Å²) in [5.41, 5.74) is 1.03.